The van der Waals surface area contributed by atoms with E-state index in [-0.39, 0.29) is 0 Å². The monoisotopic (exact) mass is 692 g/mol. The average molecular weight is 693 g/mol. The molecule has 3 aromatic carbocycles. The van der Waals surface area contributed by atoms with E-state index in [9.17, 15) is 0 Å². The van der Waals surface area contributed by atoms with Gasteiger partial charge in [-0.3, -0.25) is 4.57 Å². The predicted molar refractivity (Wildman–Crippen MR) is 218 cm³/mol. The van der Waals surface area contributed by atoms with Crippen molar-refractivity contribution in [1.82, 2.24) is 19.3 Å². The normalized spacial score (nSPS) is 16.4. The lowest BCUT2D eigenvalue weighted by Crippen LogP contribution is -2.20. The van der Waals surface area contributed by atoms with Gasteiger partial charge in [-0.2, -0.15) is 5.10 Å². The van der Waals surface area contributed by atoms with Gasteiger partial charge in [-0.1, -0.05) is 91.7 Å². The number of nitrogens with zero attached hydrogens (tertiary/aromatic N) is 4. The molecular weight excluding hydrogens is 637 g/mol. The first kappa shape index (κ1) is 35.7. The van der Waals surface area contributed by atoms with E-state index >= 15 is 0 Å². The van der Waals surface area contributed by atoms with Gasteiger partial charge in [0.05, 0.1) is 22.4 Å². The zero-order valence-electron chi connectivity index (χ0n) is 32.5. The van der Waals surface area contributed by atoms with Gasteiger partial charge in [0.2, 0.25) is 0 Å². The van der Waals surface area contributed by atoms with Crippen molar-refractivity contribution in [1.29, 1.82) is 0 Å². The van der Waals surface area contributed by atoms with Gasteiger partial charge in [0.25, 0.3) is 0 Å². The molecule has 0 bridgehead atoms. The molecule has 5 heteroatoms. The standard InChI is InChI=1S/C47H56N4O/c1-9-33-16-15-17-34(10-2)46(33)47-41(11-3)49-51(42(47)12-4)36-26-35(31(7)8)27-38(28-36)52-37-20-21-40-39-18-13-14-19-43(39)50(44(40)29-37)45-25-32(22-23-48-45)24-30(5)6/h13-14,16,18-23,25-31,34,46H,9-12,15,17,24H2,1-8H3/t34?,46-/m0/s1. The Morgan fingerprint density at radius 3 is 2.35 bits per heavy atom. The number of hydrogen-bond acceptors (Lipinski definition) is 3. The van der Waals surface area contributed by atoms with Crippen LogP contribution in [0.5, 0.6) is 11.5 Å². The summed E-state index contributed by atoms with van der Waals surface area (Å²) >= 11 is 0. The largest absolute Gasteiger partial charge is 0.457 e. The van der Waals surface area contributed by atoms with E-state index in [1.807, 2.05) is 6.20 Å². The third-order valence-corrected chi connectivity index (χ3v) is 11.2. The van der Waals surface area contributed by atoms with E-state index in [1.54, 1.807) is 5.57 Å². The molecule has 270 valence electrons. The summed E-state index contributed by atoms with van der Waals surface area (Å²) in [4.78, 5) is 4.87. The van der Waals surface area contributed by atoms with E-state index in [0.717, 1.165) is 59.7 Å². The third-order valence-electron chi connectivity index (χ3n) is 11.2. The highest BCUT2D eigenvalue weighted by atomic mass is 16.5. The van der Waals surface area contributed by atoms with Gasteiger partial charge in [-0.05, 0) is 110 Å². The molecule has 0 aliphatic heterocycles. The van der Waals surface area contributed by atoms with Crippen LogP contribution in [0.2, 0.25) is 0 Å². The topological polar surface area (TPSA) is 44.9 Å². The van der Waals surface area contributed by atoms with E-state index < -0.39 is 0 Å². The number of ether oxygens (including phenoxy) is 1. The van der Waals surface area contributed by atoms with Crippen molar-refractivity contribution in [2.24, 2.45) is 11.8 Å². The summed E-state index contributed by atoms with van der Waals surface area (Å²) in [5, 5.41) is 7.79. The van der Waals surface area contributed by atoms with Crippen LogP contribution in [-0.2, 0) is 19.3 Å². The number of pyridine rings is 1. The van der Waals surface area contributed by atoms with Crippen molar-refractivity contribution in [2.45, 2.75) is 112 Å². The smallest absolute Gasteiger partial charge is 0.137 e. The summed E-state index contributed by atoms with van der Waals surface area (Å²) in [6.45, 7) is 18.3. The molecule has 1 unspecified atom stereocenters. The van der Waals surface area contributed by atoms with Crippen LogP contribution in [0.4, 0.5) is 0 Å². The maximum atomic E-state index is 6.84. The first-order valence-corrected chi connectivity index (χ1v) is 19.9. The highest BCUT2D eigenvalue weighted by Crippen LogP contribution is 2.45. The van der Waals surface area contributed by atoms with Crippen LogP contribution < -0.4 is 4.74 Å². The van der Waals surface area contributed by atoms with E-state index in [2.05, 4.69) is 144 Å². The van der Waals surface area contributed by atoms with Crippen LogP contribution in [0.3, 0.4) is 0 Å². The van der Waals surface area contributed by atoms with Crippen LogP contribution in [0, 0.1) is 11.8 Å². The molecule has 3 aromatic heterocycles. The molecule has 2 atom stereocenters. The zero-order chi connectivity index (χ0) is 36.5. The fraction of sp³-hybridized carbons (Fsp3) is 0.404. The van der Waals surface area contributed by atoms with Crippen molar-refractivity contribution in [2.75, 3.05) is 0 Å². The molecule has 5 nitrogen and oxygen atoms in total. The van der Waals surface area contributed by atoms with Crippen LogP contribution in [-0.4, -0.2) is 19.3 Å². The third kappa shape index (κ3) is 6.71. The molecule has 0 radical (unpaired) electrons. The Bertz CT molecular complexity index is 2230. The first-order chi connectivity index (χ1) is 25.2. The first-order valence-electron chi connectivity index (χ1n) is 19.9. The van der Waals surface area contributed by atoms with E-state index in [4.69, 9.17) is 14.8 Å². The minimum atomic E-state index is 0.333. The van der Waals surface area contributed by atoms with Gasteiger partial charge < -0.3 is 4.74 Å². The SMILES string of the molecule is CCC1=CCCC(CC)[C@H]1c1c(CC)nn(-c2cc(Oc3ccc4c5ccccc5n(-c5cc(CC(C)C)ccn5)c4c3)cc(C(C)C)c2)c1CC. The highest BCUT2D eigenvalue weighted by molar-refractivity contribution is 6.09. The van der Waals surface area contributed by atoms with Crippen LogP contribution >= 0.6 is 0 Å². The fourth-order valence-electron chi connectivity index (χ4n) is 8.69. The van der Waals surface area contributed by atoms with Crippen molar-refractivity contribution >= 4 is 21.8 Å². The van der Waals surface area contributed by atoms with Crippen LogP contribution in [0.15, 0.2) is 90.6 Å². The molecule has 1 aliphatic rings. The van der Waals surface area contributed by atoms with Gasteiger partial charge in [0.15, 0.2) is 0 Å². The molecule has 0 saturated heterocycles. The molecule has 52 heavy (non-hydrogen) atoms. The number of para-hydroxylation sites is 1. The summed E-state index contributed by atoms with van der Waals surface area (Å²) < 4.78 is 11.4. The Hall–Kier alpha value is -4.64. The number of rotatable bonds is 12. The second-order valence-electron chi connectivity index (χ2n) is 15.5. The van der Waals surface area contributed by atoms with Gasteiger partial charge in [-0.25, -0.2) is 9.67 Å². The van der Waals surface area contributed by atoms with Crippen molar-refractivity contribution < 1.29 is 4.74 Å². The van der Waals surface area contributed by atoms with Crippen molar-refractivity contribution in [3.05, 3.63) is 119 Å². The molecule has 0 amide bonds. The van der Waals surface area contributed by atoms with E-state index in [0.29, 0.717) is 23.7 Å². The number of fused-ring (bicyclic) bond motifs is 3. The van der Waals surface area contributed by atoms with Gasteiger partial charge in [0, 0.05) is 46.3 Å². The average Bonchev–Trinajstić information content (AvgIpc) is 3.69. The maximum Gasteiger partial charge on any atom is 0.137 e. The molecule has 0 saturated carbocycles. The number of aromatic nitrogens is 4. The van der Waals surface area contributed by atoms with Crippen molar-refractivity contribution in [3.8, 4) is 23.0 Å². The summed E-state index contributed by atoms with van der Waals surface area (Å²) in [7, 11) is 0. The molecule has 0 N–H and O–H groups in total. The Balaban J connectivity index is 1.33. The summed E-state index contributed by atoms with van der Waals surface area (Å²) in [6, 6.07) is 26.2. The number of aryl methyl sites for hydroxylation is 1. The summed E-state index contributed by atoms with van der Waals surface area (Å²) in [5.74, 6) is 4.58. The number of benzene rings is 3. The minimum Gasteiger partial charge on any atom is -0.457 e. The molecule has 1 aliphatic carbocycles. The zero-order valence-corrected chi connectivity index (χ0v) is 32.5. The minimum absolute atomic E-state index is 0.333. The molecule has 0 fully saturated rings. The predicted octanol–water partition coefficient (Wildman–Crippen LogP) is 12.8. The molecule has 6 aromatic rings. The molecule has 0 spiro atoms. The Labute approximate surface area is 310 Å². The van der Waals surface area contributed by atoms with E-state index in [1.165, 1.54) is 58.1 Å². The van der Waals surface area contributed by atoms with Crippen LogP contribution in [0.25, 0.3) is 33.3 Å². The summed E-state index contributed by atoms with van der Waals surface area (Å²) in [5.41, 5.74) is 11.5. The molecule has 7 rings (SSSR count). The quantitative estimate of drug-likeness (QED) is 0.120. The maximum absolute atomic E-state index is 6.84. The van der Waals surface area contributed by atoms with Gasteiger partial charge in [0.1, 0.15) is 17.3 Å². The van der Waals surface area contributed by atoms with Crippen LogP contribution in [0.1, 0.15) is 121 Å². The van der Waals surface area contributed by atoms with Crippen molar-refractivity contribution in [3.63, 3.8) is 0 Å². The number of allylic oxidation sites excluding steroid dienone is 2. The molecular formula is C47H56N4O. The second-order valence-corrected chi connectivity index (χ2v) is 15.5. The number of hydrogen-bond donors (Lipinski definition) is 0. The lowest BCUT2D eigenvalue weighted by molar-refractivity contribution is 0.392. The second kappa shape index (κ2) is 15.1. The summed E-state index contributed by atoms with van der Waals surface area (Å²) in [6.07, 6.45) is 12.1. The Morgan fingerprint density at radius 2 is 1.62 bits per heavy atom. The van der Waals surface area contributed by atoms with Gasteiger partial charge >= 0.3 is 0 Å². The highest BCUT2D eigenvalue weighted by Gasteiger charge is 2.33. The fourth-order valence-corrected chi connectivity index (χ4v) is 8.69. The lowest BCUT2D eigenvalue weighted by Gasteiger charge is -2.33. The lowest BCUT2D eigenvalue weighted by atomic mass is 9.71. The molecule has 3 heterocycles. The Kier molecular flexibility index (Phi) is 10.4. The Morgan fingerprint density at radius 1 is 0.808 bits per heavy atom. The van der Waals surface area contributed by atoms with Gasteiger partial charge in [-0.15, -0.1) is 0 Å².